The van der Waals surface area contributed by atoms with E-state index in [4.69, 9.17) is 25.8 Å². The van der Waals surface area contributed by atoms with Gasteiger partial charge in [-0.15, -0.1) is 11.3 Å². The molecule has 0 saturated heterocycles. The van der Waals surface area contributed by atoms with Crippen molar-refractivity contribution in [3.8, 4) is 11.5 Å². The van der Waals surface area contributed by atoms with Gasteiger partial charge in [-0.25, -0.2) is 14.6 Å². The van der Waals surface area contributed by atoms with Crippen LogP contribution in [-0.4, -0.2) is 29.4 Å². The minimum Gasteiger partial charge on any atom is -0.490 e. The molecule has 5 rings (SSSR count). The highest BCUT2D eigenvalue weighted by molar-refractivity contribution is 7.21. The SMILES string of the molecule is CCOc1cc(/C=C2/N=C(c3sc4cc([N+](=O)[O-])ccc4c3Cl)OC2=O)ccc1OC(=O)c1ccccc1. The Morgan fingerprint density at radius 2 is 1.92 bits per heavy atom. The number of cyclic esters (lactones) is 1. The molecule has 0 N–H and O–H groups in total. The minimum absolute atomic E-state index is 0.00791. The molecule has 11 heteroatoms. The Morgan fingerprint density at radius 3 is 2.66 bits per heavy atom. The van der Waals surface area contributed by atoms with Crippen LogP contribution >= 0.6 is 22.9 Å². The fourth-order valence-electron chi connectivity index (χ4n) is 3.67. The molecular formula is C27H17ClN2O7S. The number of carbonyl (C=O) groups excluding carboxylic acids is 2. The number of hydrogen-bond donors (Lipinski definition) is 0. The summed E-state index contributed by atoms with van der Waals surface area (Å²) in [6.07, 6.45) is 1.51. The maximum atomic E-state index is 12.6. The van der Waals surface area contributed by atoms with Crippen LogP contribution < -0.4 is 9.47 Å². The van der Waals surface area contributed by atoms with Gasteiger partial charge in [0.1, 0.15) is 4.88 Å². The van der Waals surface area contributed by atoms with E-state index in [1.54, 1.807) is 61.5 Å². The zero-order valence-electron chi connectivity index (χ0n) is 19.7. The summed E-state index contributed by atoms with van der Waals surface area (Å²) >= 11 is 7.61. The number of thiophene rings is 1. The highest BCUT2D eigenvalue weighted by atomic mass is 35.5. The number of carbonyl (C=O) groups is 2. The van der Waals surface area contributed by atoms with E-state index in [1.807, 2.05) is 0 Å². The van der Waals surface area contributed by atoms with Gasteiger partial charge in [-0.3, -0.25) is 10.1 Å². The molecule has 0 bridgehead atoms. The van der Waals surface area contributed by atoms with Crippen LogP contribution in [0.15, 0.2) is 77.4 Å². The Hall–Kier alpha value is -4.54. The number of nitrogens with zero attached hydrogens (tertiary/aromatic N) is 2. The van der Waals surface area contributed by atoms with Crippen molar-refractivity contribution in [2.24, 2.45) is 4.99 Å². The van der Waals surface area contributed by atoms with Crippen molar-refractivity contribution in [3.63, 3.8) is 0 Å². The number of ether oxygens (including phenoxy) is 3. The van der Waals surface area contributed by atoms with Crippen LogP contribution in [0.5, 0.6) is 11.5 Å². The Balaban J connectivity index is 1.44. The Bertz CT molecular complexity index is 1660. The van der Waals surface area contributed by atoms with Gasteiger partial charge in [-0.05, 0) is 48.9 Å². The van der Waals surface area contributed by atoms with E-state index < -0.39 is 16.9 Å². The quantitative estimate of drug-likeness (QED) is 0.0858. The molecule has 0 unspecified atom stereocenters. The van der Waals surface area contributed by atoms with Crippen LogP contribution in [0.4, 0.5) is 5.69 Å². The molecule has 0 amide bonds. The van der Waals surface area contributed by atoms with Gasteiger partial charge in [-0.2, -0.15) is 0 Å². The molecular weight excluding hydrogens is 532 g/mol. The van der Waals surface area contributed by atoms with Crippen molar-refractivity contribution in [2.45, 2.75) is 6.92 Å². The topological polar surface area (TPSA) is 117 Å². The van der Waals surface area contributed by atoms with Gasteiger partial charge in [0.2, 0.25) is 5.90 Å². The summed E-state index contributed by atoms with van der Waals surface area (Å²) in [5.41, 5.74) is 0.904. The van der Waals surface area contributed by atoms with Crippen LogP contribution in [0.2, 0.25) is 5.02 Å². The van der Waals surface area contributed by atoms with E-state index >= 15 is 0 Å². The third-order valence-electron chi connectivity index (χ3n) is 5.42. The molecule has 0 spiro atoms. The predicted octanol–water partition coefficient (Wildman–Crippen LogP) is 6.43. The highest BCUT2D eigenvalue weighted by Crippen LogP contribution is 2.39. The van der Waals surface area contributed by atoms with Crippen molar-refractivity contribution < 1.29 is 28.7 Å². The highest BCUT2D eigenvalue weighted by Gasteiger charge is 2.28. The van der Waals surface area contributed by atoms with E-state index in [0.29, 0.717) is 38.4 Å². The fraction of sp³-hybridized carbons (Fsp3) is 0.0741. The van der Waals surface area contributed by atoms with Crippen LogP contribution in [-0.2, 0) is 9.53 Å². The number of hydrogen-bond acceptors (Lipinski definition) is 9. The van der Waals surface area contributed by atoms with Gasteiger partial charge in [0.25, 0.3) is 5.69 Å². The minimum atomic E-state index is -0.683. The summed E-state index contributed by atoms with van der Waals surface area (Å²) < 4.78 is 17.1. The van der Waals surface area contributed by atoms with Gasteiger partial charge in [-0.1, -0.05) is 35.9 Å². The average Bonchev–Trinajstić information content (AvgIpc) is 3.44. The molecule has 1 aliphatic heterocycles. The summed E-state index contributed by atoms with van der Waals surface area (Å²) in [7, 11) is 0. The maximum absolute atomic E-state index is 12.6. The van der Waals surface area contributed by atoms with E-state index in [-0.39, 0.29) is 28.1 Å². The number of benzene rings is 3. The smallest absolute Gasteiger partial charge is 0.363 e. The molecule has 0 saturated carbocycles. The van der Waals surface area contributed by atoms with Crippen LogP contribution in [0.1, 0.15) is 27.7 Å². The number of esters is 2. The molecule has 1 aromatic heterocycles. The van der Waals surface area contributed by atoms with Crippen LogP contribution in [0.3, 0.4) is 0 Å². The molecule has 4 aromatic rings. The second-order valence-corrected chi connectivity index (χ2v) is 9.34. The molecule has 190 valence electrons. The summed E-state index contributed by atoms with van der Waals surface area (Å²) in [6, 6.07) is 17.7. The maximum Gasteiger partial charge on any atom is 0.363 e. The average molecular weight is 549 g/mol. The first kappa shape index (κ1) is 25.1. The van der Waals surface area contributed by atoms with Crippen molar-refractivity contribution in [1.29, 1.82) is 0 Å². The molecule has 1 aliphatic rings. The lowest BCUT2D eigenvalue weighted by Crippen LogP contribution is -2.09. The van der Waals surface area contributed by atoms with Crippen LogP contribution in [0.25, 0.3) is 16.2 Å². The van der Waals surface area contributed by atoms with E-state index in [2.05, 4.69) is 4.99 Å². The molecule has 0 radical (unpaired) electrons. The molecule has 0 fully saturated rings. The Labute approximate surface area is 224 Å². The van der Waals surface area contributed by atoms with Crippen molar-refractivity contribution in [1.82, 2.24) is 0 Å². The van der Waals surface area contributed by atoms with Crippen molar-refractivity contribution in [2.75, 3.05) is 6.61 Å². The predicted molar refractivity (Wildman–Crippen MR) is 143 cm³/mol. The Morgan fingerprint density at radius 1 is 1.13 bits per heavy atom. The third kappa shape index (κ3) is 4.99. The normalized spacial score (nSPS) is 13.9. The molecule has 0 aliphatic carbocycles. The summed E-state index contributed by atoms with van der Waals surface area (Å²) in [4.78, 5) is 40.4. The number of nitro benzene ring substituents is 1. The first-order chi connectivity index (χ1) is 18.3. The number of aliphatic imine (C=N–C) groups is 1. The number of fused-ring (bicyclic) bond motifs is 1. The number of rotatable bonds is 7. The third-order valence-corrected chi connectivity index (χ3v) is 7.07. The summed E-state index contributed by atoms with van der Waals surface area (Å²) in [6.45, 7) is 2.12. The molecule has 3 aromatic carbocycles. The summed E-state index contributed by atoms with van der Waals surface area (Å²) in [5.74, 6) is -0.662. The second-order valence-electron chi connectivity index (χ2n) is 7.91. The first-order valence-electron chi connectivity index (χ1n) is 11.3. The van der Waals surface area contributed by atoms with Gasteiger partial charge in [0, 0.05) is 22.2 Å². The zero-order valence-corrected chi connectivity index (χ0v) is 21.2. The van der Waals surface area contributed by atoms with Gasteiger partial charge in [0.05, 0.1) is 22.1 Å². The summed E-state index contributed by atoms with van der Waals surface area (Å²) in [5, 5.41) is 12.0. The lowest BCUT2D eigenvalue weighted by atomic mass is 10.1. The second kappa shape index (κ2) is 10.4. The molecule has 9 nitrogen and oxygen atoms in total. The van der Waals surface area contributed by atoms with Gasteiger partial charge >= 0.3 is 11.9 Å². The van der Waals surface area contributed by atoms with Gasteiger partial charge in [0.15, 0.2) is 17.2 Å². The van der Waals surface area contributed by atoms with E-state index in [9.17, 15) is 19.7 Å². The standard InChI is InChI=1S/C27H17ClN2O7S/c1-2-35-21-13-15(8-11-20(21)36-26(31)16-6-4-3-5-7-16)12-19-27(32)37-25(29-19)24-23(28)18-10-9-17(30(33)34)14-22(18)38-24/h3-14H,2H2,1H3/b19-12+. The van der Waals surface area contributed by atoms with Crippen molar-refractivity contribution >= 4 is 62.6 Å². The lowest BCUT2D eigenvalue weighted by molar-refractivity contribution is -0.384. The van der Waals surface area contributed by atoms with Crippen molar-refractivity contribution in [3.05, 3.63) is 104 Å². The molecule has 2 heterocycles. The number of non-ortho nitro benzene ring substituents is 1. The monoisotopic (exact) mass is 548 g/mol. The van der Waals surface area contributed by atoms with Gasteiger partial charge < -0.3 is 14.2 Å². The van der Waals surface area contributed by atoms with Crippen LogP contribution in [0, 0.1) is 10.1 Å². The van der Waals surface area contributed by atoms with E-state index in [1.165, 1.54) is 18.2 Å². The fourth-order valence-corrected chi connectivity index (χ4v) is 5.14. The Kier molecular flexibility index (Phi) is 6.91. The number of nitro groups is 1. The number of halogens is 1. The largest absolute Gasteiger partial charge is 0.490 e. The molecule has 38 heavy (non-hydrogen) atoms. The first-order valence-corrected chi connectivity index (χ1v) is 12.5. The lowest BCUT2D eigenvalue weighted by Gasteiger charge is -2.11. The zero-order chi connectivity index (χ0) is 26.8. The van der Waals surface area contributed by atoms with E-state index in [0.717, 1.165) is 11.3 Å². The molecule has 0 atom stereocenters.